The van der Waals surface area contributed by atoms with Gasteiger partial charge in [0.1, 0.15) is 11.2 Å². The molecule has 0 atom stereocenters. The van der Waals surface area contributed by atoms with Crippen LogP contribution in [0, 0.1) is 5.92 Å². The first-order valence-corrected chi connectivity index (χ1v) is 12.0. The van der Waals surface area contributed by atoms with Crippen LogP contribution >= 0.6 is 11.3 Å². The maximum absolute atomic E-state index is 12.1. The number of fused-ring (bicyclic) bond motifs is 2. The summed E-state index contributed by atoms with van der Waals surface area (Å²) in [6.45, 7) is 3.70. The van der Waals surface area contributed by atoms with Crippen LogP contribution in [0.4, 0.5) is 5.69 Å². The first-order chi connectivity index (χ1) is 17.1. The Balaban J connectivity index is 1.41. The molecule has 6 rings (SSSR count). The average Bonchev–Trinajstić information content (AvgIpc) is 3.62. The lowest BCUT2D eigenvalue weighted by atomic mass is 10.1. The molecule has 35 heavy (non-hydrogen) atoms. The summed E-state index contributed by atoms with van der Waals surface area (Å²) in [5, 5.41) is 15.3. The van der Waals surface area contributed by atoms with Gasteiger partial charge >= 0.3 is 0 Å². The quantitative estimate of drug-likeness (QED) is 0.308. The normalized spacial score (nSPS) is 11.5. The maximum Gasteiger partial charge on any atom is 0.226 e. The molecule has 0 unspecified atom stereocenters. The molecule has 3 N–H and O–H groups in total. The number of anilines is 1. The lowest BCUT2D eigenvalue weighted by Crippen LogP contribution is -2.17. The van der Waals surface area contributed by atoms with Crippen LogP contribution in [0.2, 0.25) is 0 Å². The Morgan fingerprint density at radius 3 is 2.74 bits per heavy atom. The number of amides is 1. The van der Waals surface area contributed by atoms with Crippen LogP contribution in [0.5, 0.6) is 0 Å². The van der Waals surface area contributed by atoms with E-state index in [0.29, 0.717) is 28.5 Å². The molecule has 6 heterocycles. The zero-order chi connectivity index (χ0) is 23.9. The lowest BCUT2D eigenvalue weighted by Gasteiger charge is -2.09. The molecular weight excluding hydrogens is 460 g/mol. The van der Waals surface area contributed by atoms with E-state index < -0.39 is 0 Å². The number of H-pyrrole nitrogens is 2. The molecule has 172 valence electrons. The van der Waals surface area contributed by atoms with Crippen LogP contribution in [-0.4, -0.2) is 41.0 Å². The number of nitrogens with one attached hydrogen (secondary N) is 3. The number of thiophene rings is 1. The molecule has 0 aliphatic rings. The lowest BCUT2D eigenvalue weighted by molar-refractivity contribution is -0.118. The first kappa shape index (κ1) is 21.1. The van der Waals surface area contributed by atoms with Gasteiger partial charge in [0.05, 0.1) is 17.3 Å². The molecule has 0 saturated carbocycles. The van der Waals surface area contributed by atoms with Crippen molar-refractivity contribution in [1.82, 2.24) is 35.1 Å². The van der Waals surface area contributed by atoms with E-state index in [-0.39, 0.29) is 11.8 Å². The first-order valence-electron chi connectivity index (χ1n) is 11.0. The molecule has 0 aromatic carbocycles. The van der Waals surface area contributed by atoms with Gasteiger partial charge in [0.25, 0.3) is 0 Å². The van der Waals surface area contributed by atoms with E-state index >= 15 is 0 Å². The van der Waals surface area contributed by atoms with Gasteiger partial charge in [-0.15, -0.1) is 0 Å². The molecule has 0 saturated heterocycles. The fraction of sp³-hybridized carbons (Fsp3) is 0.120. The van der Waals surface area contributed by atoms with Crippen molar-refractivity contribution in [2.45, 2.75) is 13.8 Å². The zero-order valence-corrected chi connectivity index (χ0v) is 19.7. The van der Waals surface area contributed by atoms with Gasteiger partial charge in [-0.3, -0.25) is 14.9 Å². The minimum atomic E-state index is -0.122. The van der Waals surface area contributed by atoms with Crippen LogP contribution < -0.4 is 5.32 Å². The molecule has 10 heteroatoms. The van der Waals surface area contributed by atoms with E-state index in [1.165, 1.54) is 0 Å². The van der Waals surface area contributed by atoms with Crippen LogP contribution in [0.25, 0.3) is 56.0 Å². The second kappa shape index (κ2) is 8.41. The molecular formula is C25H20N8OS. The Labute approximate surface area is 203 Å². The summed E-state index contributed by atoms with van der Waals surface area (Å²) < 4.78 is 0. The molecule has 0 aliphatic carbocycles. The van der Waals surface area contributed by atoms with Gasteiger partial charge in [-0.1, -0.05) is 13.8 Å². The monoisotopic (exact) mass is 480 g/mol. The van der Waals surface area contributed by atoms with E-state index in [1.807, 2.05) is 37.4 Å². The van der Waals surface area contributed by atoms with Gasteiger partial charge in [-0.25, -0.2) is 15.0 Å². The van der Waals surface area contributed by atoms with Crippen molar-refractivity contribution in [3.8, 4) is 33.8 Å². The minimum absolute atomic E-state index is 0.0602. The highest BCUT2D eigenvalue weighted by Crippen LogP contribution is 2.32. The van der Waals surface area contributed by atoms with Crippen molar-refractivity contribution in [2.75, 3.05) is 5.32 Å². The molecule has 6 aromatic heterocycles. The minimum Gasteiger partial charge on any atom is -0.324 e. The molecule has 1 amide bonds. The highest BCUT2D eigenvalue weighted by atomic mass is 32.1. The van der Waals surface area contributed by atoms with E-state index in [0.717, 1.165) is 33.2 Å². The van der Waals surface area contributed by atoms with Gasteiger partial charge in [0.2, 0.25) is 5.91 Å². The van der Waals surface area contributed by atoms with Crippen molar-refractivity contribution in [1.29, 1.82) is 0 Å². The summed E-state index contributed by atoms with van der Waals surface area (Å²) in [5.41, 5.74) is 7.23. The van der Waals surface area contributed by atoms with Crippen molar-refractivity contribution in [3.63, 3.8) is 0 Å². The number of hydrogen-bond acceptors (Lipinski definition) is 7. The number of carbonyl (C=O) groups is 1. The molecule has 9 nitrogen and oxygen atoms in total. The standard InChI is InChI=1S/C25H20N8OS/c1-13(2)25(34)29-17-7-15(9-26-11-17)16-8-19-21(32-33-22(19)28-10-16)24-30-20-18(14-4-6-35-12-14)3-5-27-23(20)31-24/h3-13H,1-2H3,(H,29,34)(H,27,30,31)(H,28,32,33). The van der Waals surface area contributed by atoms with E-state index in [2.05, 4.69) is 46.9 Å². The molecule has 0 fully saturated rings. The van der Waals surface area contributed by atoms with Crippen molar-refractivity contribution in [2.24, 2.45) is 5.92 Å². The van der Waals surface area contributed by atoms with E-state index in [4.69, 9.17) is 4.98 Å². The number of imidazole rings is 1. The fourth-order valence-corrected chi connectivity index (χ4v) is 4.52. The van der Waals surface area contributed by atoms with E-state index in [1.54, 1.807) is 36.1 Å². The topological polar surface area (TPSA) is 125 Å². The fourth-order valence-electron chi connectivity index (χ4n) is 3.87. The summed E-state index contributed by atoms with van der Waals surface area (Å²) in [4.78, 5) is 33.5. The van der Waals surface area contributed by atoms with Crippen LogP contribution in [-0.2, 0) is 4.79 Å². The van der Waals surface area contributed by atoms with Crippen LogP contribution in [0.1, 0.15) is 13.8 Å². The smallest absolute Gasteiger partial charge is 0.226 e. The van der Waals surface area contributed by atoms with Crippen molar-refractivity contribution >= 4 is 45.1 Å². The summed E-state index contributed by atoms with van der Waals surface area (Å²) >= 11 is 1.64. The highest BCUT2D eigenvalue weighted by molar-refractivity contribution is 7.08. The second-order valence-corrected chi connectivity index (χ2v) is 9.23. The Kier molecular flexibility index (Phi) is 5.07. The summed E-state index contributed by atoms with van der Waals surface area (Å²) in [5.74, 6) is 0.426. The molecule has 0 spiro atoms. The van der Waals surface area contributed by atoms with Gasteiger partial charge in [0, 0.05) is 41.2 Å². The van der Waals surface area contributed by atoms with Gasteiger partial charge in [-0.05, 0) is 40.6 Å². The summed E-state index contributed by atoms with van der Waals surface area (Å²) in [6, 6.07) is 7.91. The second-order valence-electron chi connectivity index (χ2n) is 8.45. The van der Waals surface area contributed by atoms with Gasteiger partial charge < -0.3 is 10.3 Å². The Morgan fingerprint density at radius 1 is 1.03 bits per heavy atom. The maximum atomic E-state index is 12.1. The molecule has 0 aliphatic heterocycles. The molecule has 0 bridgehead atoms. The predicted octanol–water partition coefficient (Wildman–Crippen LogP) is 5.28. The number of carbonyl (C=O) groups excluding carboxylic acids is 1. The van der Waals surface area contributed by atoms with Crippen LogP contribution in [0.3, 0.4) is 0 Å². The molecule has 0 radical (unpaired) electrons. The number of aromatic nitrogens is 7. The highest BCUT2D eigenvalue weighted by Gasteiger charge is 2.17. The average molecular weight is 481 g/mol. The third kappa shape index (κ3) is 3.83. The number of pyridine rings is 3. The molecule has 6 aromatic rings. The largest absolute Gasteiger partial charge is 0.324 e. The van der Waals surface area contributed by atoms with Crippen molar-refractivity contribution < 1.29 is 4.79 Å². The van der Waals surface area contributed by atoms with Crippen LogP contribution in [0.15, 0.2) is 59.8 Å². The predicted molar refractivity (Wildman–Crippen MR) is 137 cm³/mol. The summed E-state index contributed by atoms with van der Waals surface area (Å²) in [7, 11) is 0. The van der Waals surface area contributed by atoms with E-state index in [9.17, 15) is 4.79 Å². The zero-order valence-electron chi connectivity index (χ0n) is 18.9. The van der Waals surface area contributed by atoms with Gasteiger partial charge in [0.15, 0.2) is 17.1 Å². The Morgan fingerprint density at radius 2 is 1.91 bits per heavy atom. The Hall–Kier alpha value is -4.44. The SMILES string of the molecule is CC(C)C(=O)Nc1cncc(-c2cnc3[nH]nc(-c4nc5c(-c6ccsc6)ccnc5[nH]4)c3c2)c1. The van der Waals surface area contributed by atoms with Gasteiger partial charge in [-0.2, -0.15) is 16.4 Å². The van der Waals surface area contributed by atoms with Crippen molar-refractivity contribution in [3.05, 3.63) is 59.8 Å². The number of nitrogens with zero attached hydrogens (tertiary/aromatic N) is 5. The third-order valence-electron chi connectivity index (χ3n) is 5.72. The summed E-state index contributed by atoms with van der Waals surface area (Å²) in [6.07, 6.45) is 6.90. The number of aromatic amines is 2. The number of hydrogen-bond donors (Lipinski definition) is 3. The Bertz CT molecular complexity index is 1680. The third-order valence-corrected chi connectivity index (χ3v) is 6.40. The number of rotatable bonds is 5.